The molecule has 0 saturated carbocycles. The van der Waals surface area contributed by atoms with Gasteiger partial charge < -0.3 is 9.47 Å². The number of nitrogens with one attached hydrogen (secondary N) is 1. The van der Waals surface area contributed by atoms with Crippen LogP contribution < -0.4 is 10.9 Å². The van der Waals surface area contributed by atoms with E-state index in [4.69, 9.17) is 9.47 Å². The van der Waals surface area contributed by atoms with Crippen molar-refractivity contribution in [3.8, 4) is 11.3 Å². The number of nitrogens with zero attached hydrogens (tertiary/aromatic N) is 3. The number of ether oxygens (including phenoxy) is 2. The van der Waals surface area contributed by atoms with Crippen LogP contribution in [-0.4, -0.2) is 60.2 Å². The van der Waals surface area contributed by atoms with Crippen molar-refractivity contribution in [3.63, 3.8) is 0 Å². The maximum absolute atomic E-state index is 13.6. The Balaban J connectivity index is 1.38. The molecule has 1 N–H and O–H groups in total. The molecule has 8 nitrogen and oxygen atoms in total. The Morgan fingerprint density at radius 3 is 2.68 bits per heavy atom. The highest BCUT2D eigenvalue weighted by atomic mass is 19.2. The fourth-order valence-electron chi connectivity index (χ4n) is 3.54. The molecular weight excluding hydrogens is 446 g/mol. The van der Waals surface area contributed by atoms with E-state index in [0.29, 0.717) is 42.3 Å². The third-order valence-electron chi connectivity index (χ3n) is 5.33. The summed E-state index contributed by atoms with van der Waals surface area (Å²) in [6.07, 6.45) is -0.568. The van der Waals surface area contributed by atoms with E-state index < -0.39 is 17.7 Å². The normalized spacial score (nSPS) is 14.1. The monoisotopic (exact) mass is 470 g/mol. The first-order valence-corrected chi connectivity index (χ1v) is 10.8. The van der Waals surface area contributed by atoms with Crippen molar-refractivity contribution >= 4 is 11.8 Å². The van der Waals surface area contributed by atoms with E-state index in [9.17, 15) is 18.4 Å². The van der Waals surface area contributed by atoms with Gasteiger partial charge in [0.1, 0.15) is 6.61 Å². The Bertz CT molecular complexity index is 1210. The average molecular weight is 470 g/mol. The van der Waals surface area contributed by atoms with Gasteiger partial charge in [-0.3, -0.25) is 15.0 Å². The Hall–Kier alpha value is -3.63. The summed E-state index contributed by atoms with van der Waals surface area (Å²) in [5.41, 5.74) is 1.55. The van der Waals surface area contributed by atoms with Gasteiger partial charge in [0, 0.05) is 37.0 Å². The fourth-order valence-corrected chi connectivity index (χ4v) is 3.54. The van der Waals surface area contributed by atoms with E-state index in [1.165, 1.54) is 22.9 Å². The lowest BCUT2D eigenvalue weighted by Crippen LogP contribution is -2.38. The maximum atomic E-state index is 13.6. The quantitative estimate of drug-likeness (QED) is 0.571. The molecule has 1 aliphatic heterocycles. The van der Waals surface area contributed by atoms with Crippen molar-refractivity contribution in [1.29, 1.82) is 0 Å². The number of morpholine rings is 1. The van der Waals surface area contributed by atoms with Crippen molar-refractivity contribution in [2.45, 2.75) is 6.54 Å². The number of anilines is 1. The van der Waals surface area contributed by atoms with Crippen molar-refractivity contribution in [1.82, 2.24) is 14.7 Å². The van der Waals surface area contributed by atoms with Gasteiger partial charge in [-0.2, -0.15) is 5.10 Å². The highest BCUT2D eigenvalue weighted by Gasteiger charge is 2.12. The molecule has 0 atom stereocenters. The summed E-state index contributed by atoms with van der Waals surface area (Å²) in [6.45, 7) is 4.02. The number of amides is 1. The van der Waals surface area contributed by atoms with Gasteiger partial charge in [-0.25, -0.2) is 18.3 Å². The van der Waals surface area contributed by atoms with Gasteiger partial charge >= 0.3 is 6.09 Å². The van der Waals surface area contributed by atoms with E-state index >= 15 is 0 Å². The topological polar surface area (TPSA) is 85.7 Å². The van der Waals surface area contributed by atoms with Crippen LogP contribution in [0, 0.1) is 11.6 Å². The van der Waals surface area contributed by atoms with Crippen molar-refractivity contribution < 1.29 is 23.0 Å². The molecule has 4 rings (SSSR count). The van der Waals surface area contributed by atoms with Crippen LogP contribution >= 0.6 is 0 Å². The van der Waals surface area contributed by atoms with Crippen LogP contribution in [-0.2, 0) is 16.0 Å². The first-order valence-electron chi connectivity index (χ1n) is 10.8. The summed E-state index contributed by atoms with van der Waals surface area (Å²) in [5.74, 6) is -1.95. The molecule has 34 heavy (non-hydrogen) atoms. The summed E-state index contributed by atoms with van der Waals surface area (Å²) in [7, 11) is 0. The molecule has 0 spiro atoms. The van der Waals surface area contributed by atoms with Gasteiger partial charge in [0.05, 0.1) is 25.5 Å². The zero-order chi connectivity index (χ0) is 23.9. The lowest BCUT2D eigenvalue weighted by Gasteiger charge is -2.26. The lowest BCUT2D eigenvalue weighted by molar-refractivity contribution is 0.0290. The second-order valence-corrected chi connectivity index (χ2v) is 7.76. The van der Waals surface area contributed by atoms with Crippen LogP contribution in [0.3, 0.4) is 0 Å². The van der Waals surface area contributed by atoms with Crippen LogP contribution in [0.2, 0.25) is 0 Å². The average Bonchev–Trinajstić information content (AvgIpc) is 2.83. The lowest BCUT2D eigenvalue weighted by atomic mass is 10.1. The SMILES string of the molecule is O=C(Nc1cccc(Cn2nc(-c3ccc(F)c(F)c3)ccc2=O)c1)OCCN1CCOCC1. The molecule has 1 aromatic heterocycles. The highest BCUT2D eigenvalue weighted by molar-refractivity contribution is 5.84. The third kappa shape index (κ3) is 6.24. The number of carbonyl (C=O) groups is 1. The predicted octanol–water partition coefficient (Wildman–Crippen LogP) is 3.12. The predicted molar refractivity (Wildman–Crippen MR) is 122 cm³/mol. The summed E-state index contributed by atoms with van der Waals surface area (Å²) >= 11 is 0. The minimum Gasteiger partial charge on any atom is -0.448 e. The van der Waals surface area contributed by atoms with Crippen molar-refractivity contribution in [2.75, 3.05) is 44.8 Å². The van der Waals surface area contributed by atoms with Crippen LogP contribution in [0.4, 0.5) is 19.3 Å². The standard InChI is InChI=1S/C24H24F2N4O4/c25-20-5-4-18(15-21(20)26)22-6-7-23(31)30(28-22)16-17-2-1-3-19(14-17)27-24(32)34-13-10-29-8-11-33-12-9-29/h1-7,14-15H,8-13,16H2,(H,27,32). The van der Waals surface area contributed by atoms with Crippen LogP contribution in [0.25, 0.3) is 11.3 Å². The van der Waals surface area contributed by atoms with Gasteiger partial charge in [-0.1, -0.05) is 12.1 Å². The Morgan fingerprint density at radius 2 is 1.88 bits per heavy atom. The second-order valence-electron chi connectivity index (χ2n) is 7.76. The molecule has 0 aliphatic carbocycles. The van der Waals surface area contributed by atoms with Crippen molar-refractivity contribution in [3.05, 3.63) is 82.1 Å². The minimum absolute atomic E-state index is 0.123. The smallest absolute Gasteiger partial charge is 0.411 e. The van der Waals surface area contributed by atoms with Gasteiger partial charge in [0.25, 0.3) is 5.56 Å². The number of halogens is 2. The van der Waals surface area contributed by atoms with E-state index in [-0.39, 0.29) is 18.7 Å². The first-order chi connectivity index (χ1) is 16.5. The highest BCUT2D eigenvalue weighted by Crippen LogP contribution is 2.19. The van der Waals surface area contributed by atoms with E-state index in [2.05, 4.69) is 15.3 Å². The Labute approximate surface area is 194 Å². The molecular formula is C24H24F2N4O4. The summed E-state index contributed by atoms with van der Waals surface area (Å²) in [6, 6.07) is 13.1. The molecule has 2 heterocycles. The van der Waals surface area contributed by atoms with Crippen LogP contribution in [0.5, 0.6) is 0 Å². The molecule has 0 bridgehead atoms. The Kier molecular flexibility index (Phi) is 7.61. The van der Waals surface area contributed by atoms with Gasteiger partial charge in [0.2, 0.25) is 0 Å². The number of benzene rings is 2. The minimum atomic E-state index is -0.993. The first kappa shape index (κ1) is 23.5. The van der Waals surface area contributed by atoms with E-state index in [1.807, 2.05) is 0 Å². The van der Waals surface area contributed by atoms with Gasteiger partial charge in [-0.15, -0.1) is 0 Å². The fraction of sp³-hybridized carbons (Fsp3) is 0.292. The maximum Gasteiger partial charge on any atom is 0.411 e. The molecule has 10 heteroatoms. The number of rotatable bonds is 7. The molecule has 1 aliphatic rings. The molecule has 1 fully saturated rings. The van der Waals surface area contributed by atoms with Crippen molar-refractivity contribution in [2.24, 2.45) is 0 Å². The second kappa shape index (κ2) is 11.0. The van der Waals surface area contributed by atoms with E-state index in [0.717, 1.165) is 25.2 Å². The summed E-state index contributed by atoms with van der Waals surface area (Å²) in [4.78, 5) is 26.6. The van der Waals surface area contributed by atoms with Gasteiger partial charge in [-0.05, 0) is 42.0 Å². The Morgan fingerprint density at radius 1 is 1.06 bits per heavy atom. The number of hydrogen-bond donors (Lipinski definition) is 1. The number of carbonyl (C=O) groups excluding carboxylic acids is 1. The third-order valence-corrected chi connectivity index (χ3v) is 5.33. The van der Waals surface area contributed by atoms with E-state index in [1.54, 1.807) is 24.3 Å². The number of aromatic nitrogens is 2. The molecule has 2 aromatic carbocycles. The molecule has 1 saturated heterocycles. The molecule has 3 aromatic rings. The summed E-state index contributed by atoms with van der Waals surface area (Å²) < 4.78 is 38.6. The summed E-state index contributed by atoms with van der Waals surface area (Å²) in [5, 5.41) is 6.95. The molecule has 0 radical (unpaired) electrons. The molecule has 0 unspecified atom stereocenters. The van der Waals surface area contributed by atoms with Crippen LogP contribution in [0.15, 0.2) is 59.4 Å². The zero-order valence-corrected chi connectivity index (χ0v) is 18.4. The van der Waals surface area contributed by atoms with Gasteiger partial charge in [0.15, 0.2) is 11.6 Å². The molecule has 1 amide bonds. The van der Waals surface area contributed by atoms with Crippen LogP contribution in [0.1, 0.15) is 5.56 Å². The largest absolute Gasteiger partial charge is 0.448 e. The zero-order valence-electron chi connectivity index (χ0n) is 18.4. The molecule has 178 valence electrons. The number of hydrogen-bond acceptors (Lipinski definition) is 6.